The van der Waals surface area contributed by atoms with Crippen molar-refractivity contribution in [3.63, 3.8) is 0 Å². The van der Waals surface area contributed by atoms with Crippen molar-refractivity contribution in [1.82, 2.24) is 10.6 Å². The summed E-state index contributed by atoms with van der Waals surface area (Å²) in [7, 11) is 1.40. The number of carboxylic acids is 1. The summed E-state index contributed by atoms with van der Waals surface area (Å²) in [5.74, 6) is 1.51. The van der Waals surface area contributed by atoms with Crippen LogP contribution in [0.25, 0.3) is 0 Å². The van der Waals surface area contributed by atoms with Crippen LogP contribution in [0, 0.1) is 12.3 Å². The zero-order valence-electron chi connectivity index (χ0n) is 10.7. The lowest BCUT2D eigenvalue weighted by Crippen LogP contribution is -2.44. The first-order valence-corrected chi connectivity index (χ1v) is 5.75. The van der Waals surface area contributed by atoms with E-state index in [0.29, 0.717) is 6.42 Å². The molecule has 6 nitrogen and oxygen atoms in total. The Morgan fingerprint density at radius 1 is 1.50 bits per heavy atom. The lowest BCUT2D eigenvalue weighted by Gasteiger charge is -2.17. The molecule has 0 spiro atoms. The lowest BCUT2D eigenvalue weighted by molar-refractivity contribution is -0.139. The lowest BCUT2D eigenvalue weighted by atomic mass is 10.1. The van der Waals surface area contributed by atoms with E-state index in [1.54, 1.807) is 0 Å². The molecule has 0 saturated carbocycles. The highest BCUT2D eigenvalue weighted by Gasteiger charge is 2.14. The third-order valence-electron chi connectivity index (χ3n) is 2.42. The number of carbonyl (C=O) groups is 2. The van der Waals surface area contributed by atoms with E-state index in [-0.39, 0.29) is 25.0 Å². The van der Waals surface area contributed by atoms with Crippen LogP contribution in [-0.2, 0) is 9.53 Å². The molecule has 0 aliphatic heterocycles. The van der Waals surface area contributed by atoms with Crippen LogP contribution in [0.4, 0.5) is 4.79 Å². The molecule has 2 unspecified atom stereocenters. The van der Waals surface area contributed by atoms with Crippen LogP contribution in [0.15, 0.2) is 0 Å². The molecule has 18 heavy (non-hydrogen) atoms. The molecule has 3 N–H and O–H groups in total. The van der Waals surface area contributed by atoms with Crippen LogP contribution >= 0.6 is 0 Å². The maximum absolute atomic E-state index is 11.5. The van der Waals surface area contributed by atoms with Gasteiger partial charge in [-0.2, -0.15) is 0 Å². The summed E-state index contributed by atoms with van der Waals surface area (Å²) in [5.41, 5.74) is 0. The standard InChI is InChI=1S/C12H20N2O4/c1-4-6-9(5-2)14-12(17)13-8-10(18-3)7-11(15)16/h1,9-10H,5-8H2,2-3H3,(H,15,16)(H2,13,14,17). The summed E-state index contributed by atoms with van der Waals surface area (Å²) >= 11 is 0. The number of ether oxygens (including phenoxy) is 1. The monoisotopic (exact) mass is 256 g/mol. The molecule has 0 fully saturated rings. The molecule has 0 radical (unpaired) electrons. The minimum atomic E-state index is -0.970. The Bertz CT molecular complexity index is 312. The molecule has 0 saturated heterocycles. The SMILES string of the molecule is C#CCC(CC)NC(=O)NCC(CC(=O)O)OC. The number of aliphatic carboxylic acids is 1. The summed E-state index contributed by atoms with van der Waals surface area (Å²) in [6.45, 7) is 2.06. The third-order valence-corrected chi connectivity index (χ3v) is 2.42. The normalized spacial score (nSPS) is 13.2. The highest BCUT2D eigenvalue weighted by Crippen LogP contribution is 1.97. The summed E-state index contributed by atoms with van der Waals surface area (Å²) in [6, 6.07) is -0.444. The number of nitrogens with one attached hydrogen (secondary N) is 2. The fourth-order valence-electron chi connectivity index (χ4n) is 1.32. The molecule has 0 aromatic rings. The molecule has 0 aromatic heterocycles. The van der Waals surface area contributed by atoms with E-state index >= 15 is 0 Å². The Balaban J connectivity index is 4.00. The Kier molecular flexibility index (Phi) is 8.41. The summed E-state index contributed by atoms with van der Waals surface area (Å²) in [5, 5.41) is 13.9. The predicted octanol–water partition coefficient (Wildman–Crippen LogP) is 0.577. The molecule has 0 bridgehead atoms. The van der Waals surface area contributed by atoms with Crippen LogP contribution in [-0.4, -0.2) is 42.9 Å². The Hall–Kier alpha value is -1.74. The number of hydrogen-bond acceptors (Lipinski definition) is 3. The third kappa shape index (κ3) is 7.52. The Morgan fingerprint density at radius 3 is 2.61 bits per heavy atom. The van der Waals surface area contributed by atoms with Gasteiger partial charge in [-0.1, -0.05) is 6.92 Å². The molecule has 2 amide bonds. The molecule has 0 aliphatic rings. The Labute approximate surface area is 107 Å². The van der Waals surface area contributed by atoms with Crippen molar-refractivity contribution in [2.45, 2.75) is 38.3 Å². The molecular formula is C12H20N2O4. The average Bonchev–Trinajstić information content (AvgIpc) is 2.33. The van der Waals surface area contributed by atoms with Crippen molar-refractivity contribution in [1.29, 1.82) is 0 Å². The second-order valence-corrected chi connectivity index (χ2v) is 3.82. The van der Waals surface area contributed by atoms with Crippen molar-refractivity contribution in [3.05, 3.63) is 0 Å². The van der Waals surface area contributed by atoms with Crippen LogP contribution in [0.5, 0.6) is 0 Å². The molecule has 0 rings (SSSR count). The Morgan fingerprint density at radius 2 is 2.17 bits per heavy atom. The molecule has 2 atom stereocenters. The van der Waals surface area contributed by atoms with E-state index < -0.39 is 12.1 Å². The van der Waals surface area contributed by atoms with Crippen LogP contribution < -0.4 is 10.6 Å². The van der Waals surface area contributed by atoms with Gasteiger partial charge in [-0.25, -0.2) is 4.79 Å². The molecule has 102 valence electrons. The van der Waals surface area contributed by atoms with Gasteiger partial charge < -0.3 is 20.5 Å². The largest absolute Gasteiger partial charge is 0.481 e. The van der Waals surface area contributed by atoms with Gasteiger partial charge in [-0.3, -0.25) is 4.79 Å². The highest BCUT2D eigenvalue weighted by atomic mass is 16.5. The van der Waals surface area contributed by atoms with Gasteiger partial charge in [0.1, 0.15) is 0 Å². The van der Waals surface area contributed by atoms with Crippen molar-refractivity contribution in [3.8, 4) is 12.3 Å². The fourth-order valence-corrected chi connectivity index (χ4v) is 1.32. The average molecular weight is 256 g/mol. The second kappa shape index (κ2) is 9.31. The van der Waals surface area contributed by atoms with Gasteiger partial charge in [-0.05, 0) is 6.42 Å². The van der Waals surface area contributed by atoms with E-state index in [9.17, 15) is 9.59 Å². The van der Waals surface area contributed by atoms with Crippen LogP contribution in [0.3, 0.4) is 0 Å². The smallest absolute Gasteiger partial charge is 0.315 e. The topological polar surface area (TPSA) is 87.7 Å². The van der Waals surface area contributed by atoms with Gasteiger partial charge in [0.25, 0.3) is 0 Å². The van der Waals surface area contributed by atoms with Crippen molar-refractivity contribution >= 4 is 12.0 Å². The van der Waals surface area contributed by atoms with Gasteiger partial charge in [0.2, 0.25) is 0 Å². The first-order chi connectivity index (χ1) is 8.53. The maximum atomic E-state index is 11.5. The van der Waals surface area contributed by atoms with E-state index in [4.69, 9.17) is 16.3 Å². The number of rotatable bonds is 8. The zero-order chi connectivity index (χ0) is 14.0. The number of amides is 2. The summed E-state index contributed by atoms with van der Waals surface area (Å²) in [6.07, 6.45) is 5.68. The minimum Gasteiger partial charge on any atom is -0.481 e. The van der Waals surface area contributed by atoms with E-state index in [0.717, 1.165) is 6.42 Å². The van der Waals surface area contributed by atoms with Crippen LogP contribution in [0.1, 0.15) is 26.2 Å². The molecule has 0 aliphatic carbocycles. The number of carboxylic acid groups (broad SMARTS) is 1. The number of methoxy groups -OCH3 is 1. The first-order valence-electron chi connectivity index (χ1n) is 5.75. The van der Waals surface area contributed by atoms with Crippen molar-refractivity contribution in [2.24, 2.45) is 0 Å². The van der Waals surface area contributed by atoms with E-state index in [1.165, 1.54) is 7.11 Å². The molecular weight excluding hydrogens is 236 g/mol. The molecule has 0 aromatic carbocycles. The molecule has 6 heteroatoms. The van der Waals surface area contributed by atoms with Gasteiger partial charge in [-0.15, -0.1) is 12.3 Å². The number of urea groups is 1. The predicted molar refractivity (Wildman–Crippen MR) is 67.1 cm³/mol. The van der Waals surface area contributed by atoms with Gasteiger partial charge in [0.05, 0.1) is 12.5 Å². The minimum absolute atomic E-state index is 0.0736. The fraction of sp³-hybridized carbons (Fsp3) is 0.667. The highest BCUT2D eigenvalue weighted by molar-refractivity contribution is 5.74. The van der Waals surface area contributed by atoms with Crippen molar-refractivity contribution in [2.75, 3.05) is 13.7 Å². The van der Waals surface area contributed by atoms with Gasteiger partial charge in [0.15, 0.2) is 0 Å². The number of carbonyl (C=O) groups excluding carboxylic acids is 1. The van der Waals surface area contributed by atoms with Crippen molar-refractivity contribution < 1.29 is 19.4 Å². The maximum Gasteiger partial charge on any atom is 0.315 e. The first kappa shape index (κ1) is 16.3. The molecule has 0 heterocycles. The van der Waals surface area contributed by atoms with Crippen LogP contribution in [0.2, 0.25) is 0 Å². The number of terminal acetylenes is 1. The second-order valence-electron chi connectivity index (χ2n) is 3.82. The summed E-state index contributed by atoms with van der Waals surface area (Å²) < 4.78 is 4.93. The zero-order valence-corrected chi connectivity index (χ0v) is 10.7. The number of hydrogen-bond donors (Lipinski definition) is 3. The van der Waals surface area contributed by atoms with E-state index in [2.05, 4.69) is 16.6 Å². The van der Waals surface area contributed by atoms with E-state index in [1.807, 2.05) is 6.92 Å². The van der Waals surface area contributed by atoms with Gasteiger partial charge >= 0.3 is 12.0 Å². The quantitative estimate of drug-likeness (QED) is 0.554. The summed E-state index contributed by atoms with van der Waals surface area (Å²) in [4.78, 5) is 22.0. The van der Waals surface area contributed by atoms with Gasteiger partial charge in [0, 0.05) is 26.1 Å².